The number of amides is 2. The van der Waals surface area contributed by atoms with Crippen molar-refractivity contribution in [2.75, 3.05) is 19.7 Å². The molecule has 1 rings (SSSR count). The van der Waals surface area contributed by atoms with Gasteiger partial charge in [0.05, 0.1) is 12.1 Å². The number of carbonyl (C=O) groups excluding carboxylic acids is 2. The lowest BCUT2D eigenvalue weighted by atomic mass is 10.2. The first kappa shape index (κ1) is 14.0. The van der Waals surface area contributed by atoms with Crippen molar-refractivity contribution >= 4 is 12.0 Å². The van der Waals surface area contributed by atoms with Crippen molar-refractivity contribution in [1.82, 2.24) is 10.6 Å². The summed E-state index contributed by atoms with van der Waals surface area (Å²) in [5, 5.41) is 5.01. The molecule has 0 atom stereocenters. The number of nitrogens with one attached hydrogen (secondary N) is 2. The maximum Gasteiger partial charge on any atom is 0.341 e. The second kappa shape index (κ2) is 7.26. The number of halogens is 1. The highest BCUT2D eigenvalue weighted by Crippen LogP contribution is 2.07. The summed E-state index contributed by atoms with van der Waals surface area (Å²) >= 11 is 0. The molecule has 6 heteroatoms. The third kappa shape index (κ3) is 4.40. The van der Waals surface area contributed by atoms with Gasteiger partial charge in [-0.05, 0) is 19.1 Å². The Kier molecular flexibility index (Phi) is 5.63. The molecule has 0 saturated heterocycles. The van der Waals surface area contributed by atoms with Crippen LogP contribution in [0.25, 0.3) is 0 Å². The molecule has 98 valence electrons. The molecule has 0 heterocycles. The van der Waals surface area contributed by atoms with Crippen molar-refractivity contribution in [3.63, 3.8) is 0 Å². The van der Waals surface area contributed by atoms with Gasteiger partial charge in [-0.3, -0.25) is 0 Å². The summed E-state index contributed by atoms with van der Waals surface area (Å²) in [4.78, 5) is 22.4. The third-order valence-electron chi connectivity index (χ3n) is 2.05. The van der Waals surface area contributed by atoms with E-state index < -0.39 is 11.8 Å². The predicted molar refractivity (Wildman–Crippen MR) is 63.8 cm³/mol. The standard InChI is InChI=1S/C12H15FN2O3/c1-2-14-12(17)15-7-8-18-11(16)9-5-3-4-6-10(9)13/h3-6H,2,7-8H2,1H3,(H2,14,15,17). The van der Waals surface area contributed by atoms with E-state index in [2.05, 4.69) is 10.6 Å². The van der Waals surface area contributed by atoms with Gasteiger partial charge in [0.1, 0.15) is 12.4 Å². The second-order valence-electron chi connectivity index (χ2n) is 3.40. The van der Waals surface area contributed by atoms with Crippen molar-refractivity contribution in [3.8, 4) is 0 Å². The summed E-state index contributed by atoms with van der Waals surface area (Å²) in [6.45, 7) is 2.47. The number of hydrogen-bond acceptors (Lipinski definition) is 3. The molecule has 0 aliphatic carbocycles. The summed E-state index contributed by atoms with van der Waals surface area (Å²) < 4.78 is 18.0. The van der Waals surface area contributed by atoms with E-state index in [1.54, 1.807) is 13.0 Å². The first-order valence-electron chi connectivity index (χ1n) is 5.58. The lowest BCUT2D eigenvalue weighted by Crippen LogP contribution is -2.37. The maximum atomic E-state index is 13.2. The van der Waals surface area contributed by atoms with Crippen LogP contribution in [-0.2, 0) is 4.74 Å². The van der Waals surface area contributed by atoms with E-state index in [1.165, 1.54) is 18.2 Å². The third-order valence-corrected chi connectivity index (χ3v) is 2.05. The van der Waals surface area contributed by atoms with Gasteiger partial charge < -0.3 is 15.4 Å². The molecular formula is C12H15FN2O3. The zero-order valence-electron chi connectivity index (χ0n) is 10.0. The molecule has 18 heavy (non-hydrogen) atoms. The number of hydrogen-bond donors (Lipinski definition) is 2. The van der Waals surface area contributed by atoms with E-state index in [-0.39, 0.29) is 24.7 Å². The minimum absolute atomic E-state index is 0.00962. The normalized spacial score (nSPS) is 9.67. The lowest BCUT2D eigenvalue weighted by molar-refractivity contribution is 0.0505. The molecule has 0 aliphatic heterocycles. The van der Waals surface area contributed by atoms with Crippen LogP contribution in [0.15, 0.2) is 24.3 Å². The van der Waals surface area contributed by atoms with Gasteiger partial charge >= 0.3 is 12.0 Å². The SMILES string of the molecule is CCNC(=O)NCCOC(=O)c1ccccc1F. The van der Waals surface area contributed by atoms with Crippen LogP contribution >= 0.6 is 0 Å². The molecule has 5 nitrogen and oxygen atoms in total. The first-order valence-corrected chi connectivity index (χ1v) is 5.58. The highest BCUT2D eigenvalue weighted by atomic mass is 19.1. The molecule has 0 aliphatic rings. The van der Waals surface area contributed by atoms with Crippen LogP contribution in [0.5, 0.6) is 0 Å². The Labute approximate surface area is 104 Å². The molecule has 0 aromatic heterocycles. The minimum atomic E-state index is -0.745. The minimum Gasteiger partial charge on any atom is -0.460 e. The fourth-order valence-corrected chi connectivity index (χ4v) is 1.24. The van der Waals surface area contributed by atoms with E-state index in [0.29, 0.717) is 6.54 Å². The van der Waals surface area contributed by atoms with Crippen molar-refractivity contribution < 1.29 is 18.7 Å². The van der Waals surface area contributed by atoms with E-state index in [4.69, 9.17) is 4.74 Å². The van der Waals surface area contributed by atoms with Gasteiger partial charge in [-0.25, -0.2) is 14.0 Å². The van der Waals surface area contributed by atoms with Crippen molar-refractivity contribution in [2.45, 2.75) is 6.92 Å². The first-order chi connectivity index (χ1) is 8.65. The Hall–Kier alpha value is -2.11. The molecule has 0 radical (unpaired) electrons. The van der Waals surface area contributed by atoms with Crippen molar-refractivity contribution in [1.29, 1.82) is 0 Å². The van der Waals surface area contributed by atoms with Gasteiger partial charge in [-0.2, -0.15) is 0 Å². The van der Waals surface area contributed by atoms with Gasteiger partial charge in [0.15, 0.2) is 0 Å². The van der Waals surface area contributed by atoms with E-state index in [1.807, 2.05) is 0 Å². The van der Waals surface area contributed by atoms with Crippen LogP contribution in [-0.4, -0.2) is 31.7 Å². The predicted octanol–water partition coefficient (Wildman–Crippen LogP) is 1.30. The molecule has 0 bridgehead atoms. The number of rotatable bonds is 5. The second-order valence-corrected chi connectivity index (χ2v) is 3.40. The van der Waals surface area contributed by atoms with Gasteiger partial charge in [0, 0.05) is 6.54 Å². The summed E-state index contributed by atoms with van der Waals surface area (Å²) in [5.41, 5.74) is -0.115. The average molecular weight is 254 g/mol. The largest absolute Gasteiger partial charge is 0.460 e. The van der Waals surface area contributed by atoms with Gasteiger partial charge in [-0.15, -0.1) is 0 Å². The topological polar surface area (TPSA) is 67.4 Å². The molecule has 2 amide bonds. The molecule has 0 unspecified atom stereocenters. The molecule has 0 fully saturated rings. The van der Waals surface area contributed by atoms with Crippen LogP contribution in [0, 0.1) is 5.82 Å². The molecule has 1 aromatic carbocycles. The number of esters is 1. The summed E-state index contributed by atoms with van der Waals surface area (Å²) in [6.07, 6.45) is 0. The summed E-state index contributed by atoms with van der Waals surface area (Å²) in [6, 6.07) is 5.23. The Bertz CT molecular complexity index is 424. The molecule has 0 spiro atoms. The quantitative estimate of drug-likeness (QED) is 0.615. The Morgan fingerprint density at radius 1 is 1.28 bits per heavy atom. The van der Waals surface area contributed by atoms with Crippen LogP contribution < -0.4 is 10.6 Å². The van der Waals surface area contributed by atoms with Crippen LogP contribution in [0.4, 0.5) is 9.18 Å². The number of benzene rings is 1. The molecular weight excluding hydrogens is 239 g/mol. The van der Waals surface area contributed by atoms with Crippen LogP contribution in [0.2, 0.25) is 0 Å². The van der Waals surface area contributed by atoms with E-state index in [0.717, 1.165) is 0 Å². The maximum absolute atomic E-state index is 13.2. The van der Waals surface area contributed by atoms with E-state index >= 15 is 0 Å². The average Bonchev–Trinajstić information content (AvgIpc) is 2.35. The molecule has 2 N–H and O–H groups in total. The fraction of sp³-hybridized carbons (Fsp3) is 0.333. The number of ether oxygens (including phenoxy) is 1. The van der Waals surface area contributed by atoms with Crippen LogP contribution in [0.3, 0.4) is 0 Å². The monoisotopic (exact) mass is 254 g/mol. The zero-order chi connectivity index (χ0) is 13.4. The summed E-state index contributed by atoms with van der Waals surface area (Å²) in [5.74, 6) is -1.37. The van der Waals surface area contributed by atoms with Gasteiger partial charge in [0.2, 0.25) is 0 Å². The highest BCUT2D eigenvalue weighted by Gasteiger charge is 2.11. The lowest BCUT2D eigenvalue weighted by Gasteiger charge is -2.07. The molecule has 0 saturated carbocycles. The number of carbonyl (C=O) groups is 2. The van der Waals surface area contributed by atoms with Gasteiger partial charge in [0.25, 0.3) is 0 Å². The smallest absolute Gasteiger partial charge is 0.341 e. The zero-order valence-corrected chi connectivity index (χ0v) is 10.0. The van der Waals surface area contributed by atoms with Crippen molar-refractivity contribution in [3.05, 3.63) is 35.6 Å². The Morgan fingerprint density at radius 3 is 2.67 bits per heavy atom. The Balaban J connectivity index is 2.30. The summed E-state index contributed by atoms with van der Waals surface area (Å²) in [7, 11) is 0. The number of urea groups is 1. The van der Waals surface area contributed by atoms with Gasteiger partial charge in [-0.1, -0.05) is 12.1 Å². The van der Waals surface area contributed by atoms with E-state index in [9.17, 15) is 14.0 Å². The highest BCUT2D eigenvalue weighted by molar-refractivity contribution is 5.89. The fourth-order valence-electron chi connectivity index (χ4n) is 1.24. The Morgan fingerprint density at radius 2 is 2.00 bits per heavy atom. The van der Waals surface area contributed by atoms with Crippen molar-refractivity contribution in [2.24, 2.45) is 0 Å². The van der Waals surface area contributed by atoms with Crippen LogP contribution in [0.1, 0.15) is 17.3 Å². The molecule has 1 aromatic rings.